The molecule has 0 spiro atoms. The van der Waals surface area contributed by atoms with Gasteiger partial charge in [-0.2, -0.15) is 5.10 Å². The van der Waals surface area contributed by atoms with Crippen molar-refractivity contribution < 1.29 is 19.1 Å². The van der Waals surface area contributed by atoms with Crippen LogP contribution in [0.3, 0.4) is 0 Å². The first-order valence-electron chi connectivity index (χ1n) is 9.52. The number of hydrogen-bond acceptors (Lipinski definition) is 5. The Morgan fingerprint density at radius 1 is 1.04 bits per heavy atom. The molecule has 2 aliphatic heterocycles. The molecule has 1 aromatic rings. The number of nitrogens with zero attached hydrogens (tertiary/aromatic N) is 4. The van der Waals surface area contributed by atoms with E-state index in [0.29, 0.717) is 57.6 Å². The number of ether oxygens (including phenoxy) is 1. The molecule has 0 saturated carbocycles. The van der Waals surface area contributed by atoms with Gasteiger partial charge < -0.3 is 14.5 Å². The highest BCUT2D eigenvalue weighted by molar-refractivity contribution is 6.39. The Morgan fingerprint density at radius 2 is 1.68 bits per heavy atom. The molecule has 150 valence electrons. The summed E-state index contributed by atoms with van der Waals surface area (Å²) in [4.78, 5) is 40.1. The van der Waals surface area contributed by atoms with Gasteiger partial charge in [-0.25, -0.2) is 5.01 Å². The van der Waals surface area contributed by atoms with Crippen LogP contribution in [0.5, 0.6) is 5.75 Å². The molecule has 8 nitrogen and oxygen atoms in total. The summed E-state index contributed by atoms with van der Waals surface area (Å²) in [6, 6.07) is 7.72. The Balaban J connectivity index is 1.46. The molecule has 8 heteroatoms. The normalized spacial score (nSPS) is 17.4. The second kappa shape index (κ2) is 8.86. The highest BCUT2D eigenvalue weighted by Crippen LogP contribution is 2.14. The van der Waals surface area contributed by atoms with E-state index in [9.17, 15) is 14.4 Å². The second-order valence-electron chi connectivity index (χ2n) is 6.99. The van der Waals surface area contributed by atoms with Crippen molar-refractivity contribution in [1.29, 1.82) is 0 Å². The zero-order valence-corrected chi connectivity index (χ0v) is 16.4. The van der Waals surface area contributed by atoms with Crippen LogP contribution < -0.4 is 4.74 Å². The molecule has 0 N–H and O–H groups in total. The Kier molecular flexibility index (Phi) is 6.28. The molecule has 0 aromatic heterocycles. The summed E-state index contributed by atoms with van der Waals surface area (Å²) >= 11 is 0. The van der Waals surface area contributed by atoms with Crippen molar-refractivity contribution in [3.8, 4) is 5.75 Å². The molecule has 0 atom stereocenters. The zero-order valence-electron chi connectivity index (χ0n) is 16.4. The average molecular weight is 386 g/mol. The number of carbonyl (C=O) groups is 3. The number of benzene rings is 1. The third-order valence-corrected chi connectivity index (χ3v) is 5.16. The van der Waals surface area contributed by atoms with E-state index in [1.807, 2.05) is 29.2 Å². The summed E-state index contributed by atoms with van der Waals surface area (Å²) < 4.78 is 5.14. The van der Waals surface area contributed by atoms with Crippen LogP contribution in [-0.4, -0.2) is 78.6 Å². The topological polar surface area (TPSA) is 82.5 Å². The first-order valence-corrected chi connectivity index (χ1v) is 9.52. The maximum absolute atomic E-state index is 12.6. The Bertz CT molecular complexity index is 767. The molecule has 0 unspecified atom stereocenters. The van der Waals surface area contributed by atoms with Gasteiger partial charge in [-0.05, 0) is 24.1 Å². The second-order valence-corrected chi connectivity index (χ2v) is 6.99. The Morgan fingerprint density at radius 3 is 2.29 bits per heavy atom. The first kappa shape index (κ1) is 19.9. The molecule has 28 heavy (non-hydrogen) atoms. The van der Waals surface area contributed by atoms with Crippen LogP contribution in [-0.2, 0) is 20.8 Å². The number of carbonyl (C=O) groups excluding carboxylic acids is 3. The molecule has 0 bridgehead atoms. The highest BCUT2D eigenvalue weighted by Gasteiger charge is 2.29. The summed E-state index contributed by atoms with van der Waals surface area (Å²) in [5.41, 5.74) is 1.51. The number of piperazine rings is 1. The number of hydrogen-bond donors (Lipinski definition) is 0. The summed E-state index contributed by atoms with van der Waals surface area (Å²) in [6.07, 6.45) is 1.81. The van der Waals surface area contributed by atoms with E-state index in [1.54, 1.807) is 19.1 Å². The molecular weight excluding hydrogens is 360 g/mol. The SMILES string of the molecule is COc1ccc(CCC(=O)N2CCN(C(=O)C3=NN(C)C(=O)CC3)CC2)cc1. The van der Waals surface area contributed by atoms with Crippen molar-refractivity contribution in [3.05, 3.63) is 29.8 Å². The van der Waals surface area contributed by atoms with Crippen LogP contribution >= 0.6 is 0 Å². The number of amides is 3. The predicted octanol–water partition coefficient (Wildman–Crippen LogP) is 0.907. The lowest BCUT2D eigenvalue weighted by molar-refractivity contribution is -0.137. The first-order chi connectivity index (χ1) is 13.5. The van der Waals surface area contributed by atoms with Crippen LogP contribution in [0.4, 0.5) is 0 Å². The van der Waals surface area contributed by atoms with Gasteiger partial charge >= 0.3 is 0 Å². The molecule has 2 heterocycles. The van der Waals surface area contributed by atoms with Gasteiger partial charge in [0, 0.05) is 52.5 Å². The van der Waals surface area contributed by atoms with Gasteiger partial charge in [0.2, 0.25) is 11.8 Å². The summed E-state index contributed by atoms with van der Waals surface area (Å²) in [5.74, 6) is 0.686. The molecule has 3 rings (SSSR count). The van der Waals surface area contributed by atoms with Gasteiger partial charge in [-0.3, -0.25) is 14.4 Å². The fourth-order valence-electron chi connectivity index (χ4n) is 3.37. The lowest BCUT2D eigenvalue weighted by Crippen LogP contribution is -2.52. The molecule has 0 aliphatic carbocycles. The molecule has 0 radical (unpaired) electrons. The van der Waals surface area contributed by atoms with E-state index in [2.05, 4.69) is 5.10 Å². The van der Waals surface area contributed by atoms with E-state index in [0.717, 1.165) is 11.3 Å². The minimum absolute atomic E-state index is 0.0798. The van der Waals surface area contributed by atoms with Crippen molar-refractivity contribution in [2.24, 2.45) is 5.10 Å². The van der Waals surface area contributed by atoms with Gasteiger partial charge in [0.05, 0.1) is 7.11 Å². The average Bonchev–Trinajstić information content (AvgIpc) is 2.74. The van der Waals surface area contributed by atoms with Crippen LogP contribution in [0.15, 0.2) is 29.4 Å². The predicted molar refractivity (Wildman–Crippen MR) is 104 cm³/mol. The highest BCUT2D eigenvalue weighted by atomic mass is 16.5. The molecule has 3 amide bonds. The molecule has 1 saturated heterocycles. The van der Waals surface area contributed by atoms with E-state index in [1.165, 1.54) is 5.01 Å². The Hall–Kier alpha value is -2.90. The third kappa shape index (κ3) is 4.68. The molecular formula is C20H26N4O4. The van der Waals surface area contributed by atoms with Gasteiger partial charge in [0.25, 0.3) is 5.91 Å². The number of aryl methyl sites for hydroxylation is 1. The molecule has 2 aliphatic rings. The van der Waals surface area contributed by atoms with Gasteiger partial charge in [0.15, 0.2) is 0 Å². The maximum Gasteiger partial charge on any atom is 0.270 e. The van der Waals surface area contributed by atoms with E-state index < -0.39 is 0 Å². The number of hydrazone groups is 1. The van der Waals surface area contributed by atoms with Crippen LogP contribution in [0.1, 0.15) is 24.8 Å². The summed E-state index contributed by atoms with van der Waals surface area (Å²) in [6.45, 7) is 2.03. The molecule has 1 aromatic carbocycles. The van der Waals surface area contributed by atoms with Crippen molar-refractivity contribution in [3.63, 3.8) is 0 Å². The fraction of sp³-hybridized carbons (Fsp3) is 0.500. The lowest BCUT2D eigenvalue weighted by Gasteiger charge is -2.35. The summed E-state index contributed by atoms with van der Waals surface area (Å²) in [5, 5.41) is 5.32. The van der Waals surface area contributed by atoms with Gasteiger partial charge in [0.1, 0.15) is 11.5 Å². The minimum Gasteiger partial charge on any atom is -0.497 e. The van der Waals surface area contributed by atoms with Crippen molar-refractivity contribution in [2.45, 2.75) is 25.7 Å². The maximum atomic E-state index is 12.6. The largest absolute Gasteiger partial charge is 0.497 e. The van der Waals surface area contributed by atoms with E-state index >= 15 is 0 Å². The third-order valence-electron chi connectivity index (χ3n) is 5.16. The van der Waals surface area contributed by atoms with Crippen molar-refractivity contribution >= 4 is 23.4 Å². The van der Waals surface area contributed by atoms with Crippen LogP contribution in [0.25, 0.3) is 0 Å². The zero-order chi connectivity index (χ0) is 20.1. The van der Waals surface area contributed by atoms with Crippen LogP contribution in [0.2, 0.25) is 0 Å². The quantitative estimate of drug-likeness (QED) is 0.753. The van der Waals surface area contributed by atoms with E-state index in [4.69, 9.17) is 4.74 Å². The van der Waals surface area contributed by atoms with Crippen molar-refractivity contribution in [2.75, 3.05) is 40.3 Å². The summed E-state index contributed by atoms with van der Waals surface area (Å²) in [7, 11) is 3.19. The monoisotopic (exact) mass is 386 g/mol. The lowest BCUT2D eigenvalue weighted by atomic mass is 10.1. The van der Waals surface area contributed by atoms with E-state index in [-0.39, 0.29) is 17.7 Å². The number of rotatable bonds is 5. The molecule has 1 fully saturated rings. The standard InChI is InChI=1S/C20H26N4O4/c1-22-18(25)10-8-17(21-22)20(27)24-13-11-23(12-14-24)19(26)9-5-15-3-6-16(28-2)7-4-15/h3-4,6-7H,5,8-14H2,1-2H3. The van der Waals surface area contributed by atoms with Crippen molar-refractivity contribution in [1.82, 2.24) is 14.8 Å². The van der Waals surface area contributed by atoms with Gasteiger partial charge in [-0.1, -0.05) is 12.1 Å². The van der Waals surface area contributed by atoms with Gasteiger partial charge in [-0.15, -0.1) is 0 Å². The smallest absolute Gasteiger partial charge is 0.270 e. The fourth-order valence-corrected chi connectivity index (χ4v) is 3.37. The minimum atomic E-state index is -0.135. The van der Waals surface area contributed by atoms with Crippen LogP contribution in [0, 0.1) is 0 Å². The Labute approximate surface area is 164 Å². The number of methoxy groups -OCH3 is 1.